The van der Waals surface area contributed by atoms with Gasteiger partial charge in [-0.05, 0) is 42.0 Å². The second-order valence-electron chi connectivity index (χ2n) is 4.26. The Morgan fingerprint density at radius 1 is 0.800 bits per heavy atom. The molecule has 0 amide bonds. The number of benzene rings is 2. The van der Waals surface area contributed by atoms with Crippen LogP contribution in [0.5, 0.6) is 11.5 Å². The fraction of sp³-hybridized carbons (Fsp3) is 0.143. The van der Waals surface area contributed by atoms with Crippen LogP contribution < -0.4 is 5.32 Å². The molecule has 6 heteroatoms. The van der Waals surface area contributed by atoms with Gasteiger partial charge in [0.2, 0.25) is 3.79 Å². The van der Waals surface area contributed by atoms with Crippen molar-refractivity contribution in [1.82, 2.24) is 0 Å². The Morgan fingerprint density at radius 2 is 1.25 bits per heavy atom. The van der Waals surface area contributed by atoms with E-state index in [0.29, 0.717) is 5.69 Å². The second-order valence-corrected chi connectivity index (χ2v) is 6.63. The maximum Gasteiger partial charge on any atom is 0.214 e. The average molecular weight is 333 g/mol. The van der Waals surface area contributed by atoms with E-state index in [1.54, 1.807) is 24.3 Å². The summed E-state index contributed by atoms with van der Waals surface area (Å²) < 4.78 is -1.57. The first-order chi connectivity index (χ1) is 9.36. The molecule has 0 saturated carbocycles. The summed E-state index contributed by atoms with van der Waals surface area (Å²) >= 11 is 18.0. The van der Waals surface area contributed by atoms with Crippen LogP contribution in [0, 0.1) is 0 Å². The molecule has 2 aromatic rings. The van der Waals surface area contributed by atoms with E-state index in [4.69, 9.17) is 34.8 Å². The molecule has 0 heterocycles. The van der Waals surface area contributed by atoms with E-state index in [9.17, 15) is 10.2 Å². The predicted octanol–water partition coefficient (Wildman–Crippen LogP) is 4.62. The number of aromatic hydroxyl groups is 2. The van der Waals surface area contributed by atoms with Gasteiger partial charge in [-0.3, -0.25) is 0 Å². The fourth-order valence-corrected chi connectivity index (χ4v) is 2.29. The van der Waals surface area contributed by atoms with Gasteiger partial charge in [-0.2, -0.15) is 0 Å². The van der Waals surface area contributed by atoms with Crippen LogP contribution in [0.3, 0.4) is 0 Å². The highest BCUT2D eigenvalue weighted by atomic mass is 35.6. The summed E-state index contributed by atoms with van der Waals surface area (Å²) in [5.41, 5.74) is 1.42. The molecule has 3 nitrogen and oxygen atoms in total. The molecule has 0 saturated heterocycles. The zero-order chi connectivity index (χ0) is 14.8. The Bertz CT molecular complexity index is 564. The summed E-state index contributed by atoms with van der Waals surface area (Å²) in [5.74, 6) is 0.298. The summed E-state index contributed by atoms with van der Waals surface area (Å²) in [4.78, 5) is 0. The number of rotatable bonds is 3. The lowest BCUT2D eigenvalue weighted by Gasteiger charge is -2.27. The van der Waals surface area contributed by atoms with Crippen molar-refractivity contribution >= 4 is 40.5 Å². The summed E-state index contributed by atoms with van der Waals surface area (Å²) in [6.45, 7) is 0. The number of hydrogen-bond donors (Lipinski definition) is 3. The highest BCUT2D eigenvalue weighted by Crippen LogP contribution is 2.42. The van der Waals surface area contributed by atoms with Gasteiger partial charge in [0.05, 0.1) is 6.04 Å². The number of phenolic OH excluding ortho intramolecular Hbond substituents is 2. The normalized spacial score (nSPS) is 12.9. The molecule has 1 atom stereocenters. The number of phenols is 2. The molecule has 0 aromatic heterocycles. The van der Waals surface area contributed by atoms with Crippen molar-refractivity contribution in [2.24, 2.45) is 0 Å². The second kappa shape index (κ2) is 6.00. The Hall–Kier alpha value is -1.29. The minimum absolute atomic E-state index is 0.140. The van der Waals surface area contributed by atoms with Crippen LogP contribution in [-0.4, -0.2) is 14.0 Å². The number of halogens is 3. The molecular weight excluding hydrogens is 321 g/mol. The zero-order valence-electron chi connectivity index (χ0n) is 10.2. The topological polar surface area (TPSA) is 52.5 Å². The highest BCUT2D eigenvalue weighted by Gasteiger charge is 2.34. The van der Waals surface area contributed by atoms with Crippen molar-refractivity contribution < 1.29 is 10.2 Å². The Kier molecular flexibility index (Phi) is 4.53. The van der Waals surface area contributed by atoms with Crippen molar-refractivity contribution in [1.29, 1.82) is 0 Å². The van der Waals surface area contributed by atoms with Gasteiger partial charge in [-0.25, -0.2) is 0 Å². The van der Waals surface area contributed by atoms with E-state index < -0.39 is 9.83 Å². The van der Waals surface area contributed by atoms with Crippen LogP contribution >= 0.6 is 34.8 Å². The Labute approximate surface area is 131 Å². The Morgan fingerprint density at radius 3 is 1.70 bits per heavy atom. The van der Waals surface area contributed by atoms with Crippen LogP contribution in [0.1, 0.15) is 11.6 Å². The van der Waals surface area contributed by atoms with Crippen molar-refractivity contribution in [2.75, 3.05) is 5.32 Å². The van der Waals surface area contributed by atoms with Gasteiger partial charge in [0.1, 0.15) is 11.5 Å². The third kappa shape index (κ3) is 3.85. The molecule has 0 radical (unpaired) electrons. The third-order valence-corrected chi connectivity index (χ3v) is 3.39. The summed E-state index contributed by atoms with van der Waals surface area (Å²) in [6.07, 6.45) is 0. The zero-order valence-corrected chi connectivity index (χ0v) is 12.5. The molecule has 0 aliphatic carbocycles. The minimum Gasteiger partial charge on any atom is -0.508 e. The maximum absolute atomic E-state index is 9.31. The molecule has 0 spiro atoms. The predicted molar refractivity (Wildman–Crippen MR) is 82.9 cm³/mol. The van der Waals surface area contributed by atoms with Crippen LogP contribution in [0.15, 0.2) is 48.5 Å². The van der Waals surface area contributed by atoms with Crippen LogP contribution in [0.25, 0.3) is 0 Å². The lowest BCUT2D eigenvalue weighted by atomic mass is 10.1. The van der Waals surface area contributed by atoms with Crippen molar-refractivity contribution in [3.63, 3.8) is 0 Å². The van der Waals surface area contributed by atoms with Gasteiger partial charge < -0.3 is 15.5 Å². The average Bonchev–Trinajstić information content (AvgIpc) is 2.38. The Balaban J connectivity index is 2.29. The third-order valence-electron chi connectivity index (χ3n) is 2.73. The van der Waals surface area contributed by atoms with Crippen molar-refractivity contribution in [3.8, 4) is 11.5 Å². The van der Waals surface area contributed by atoms with Gasteiger partial charge in [0.15, 0.2) is 0 Å². The summed E-state index contributed by atoms with van der Waals surface area (Å²) in [5, 5.41) is 21.7. The largest absolute Gasteiger partial charge is 0.508 e. The number of anilines is 1. The molecule has 2 rings (SSSR count). The first-order valence-electron chi connectivity index (χ1n) is 5.77. The van der Waals surface area contributed by atoms with Crippen LogP contribution in [-0.2, 0) is 0 Å². The summed E-state index contributed by atoms with van der Waals surface area (Å²) in [6, 6.07) is 12.2. The van der Waals surface area contributed by atoms with E-state index in [1.807, 2.05) is 0 Å². The monoisotopic (exact) mass is 331 g/mol. The number of hydrogen-bond acceptors (Lipinski definition) is 3. The maximum atomic E-state index is 9.31. The van der Waals surface area contributed by atoms with E-state index in [0.717, 1.165) is 5.56 Å². The van der Waals surface area contributed by atoms with Gasteiger partial charge in [-0.15, -0.1) is 0 Å². The quantitative estimate of drug-likeness (QED) is 0.568. The number of nitrogens with one attached hydrogen (secondary N) is 1. The molecule has 0 fully saturated rings. The first-order valence-corrected chi connectivity index (χ1v) is 6.91. The van der Waals surface area contributed by atoms with E-state index >= 15 is 0 Å². The van der Waals surface area contributed by atoms with E-state index in [-0.39, 0.29) is 11.5 Å². The minimum atomic E-state index is -1.57. The van der Waals surface area contributed by atoms with Gasteiger partial charge in [-0.1, -0.05) is 46.9 Å². The molecule has 0 aliphatic rings. The molecule has 0 aliphatic heterocycles. The van der Waals surface area contributed by atoms with Gasteiger partial charge in [0.25, 0.3) is 0 Å². The van der Waals surface area contributed by atoms with E-state index in [1.165, 1.54) is 24.3 Å². The highest BCUT2D eigenvalue weighted by molar-refractivity contribution is 6.68. The van der Waals surface area contributed by atoms with Gasteiger partial charge in [0, 0.05) is 5.69 Å². The fourth-order valence-electron chi connectivity index (χ4n) is 1.75. The van der Waals surface area contributed by atoms with Crippen molar-refractivity contribution in [3.05, 3.63) is 54.1 Å². The lowest BCUT2D eigenvalue weighted by molar-refractivity contribution is 0.474. The molecule has 3 N–H and O–H groups in total. The molecule has 1 unspecified atom stereocenters. The molecule has 2 aromatic carbocycles. The molecule has 20 heavy (non-hydrogen) atoms. The molecular formula is C14H12Cl3NO2. The number of alkyl halides is 3. The standard InChI is InChI=1S/C14H12Cl3NO2/c15-14(16,17)13(9-1-5-11(19)6-2-9)18-10-3-7-12(20)8-4-10/h1-8,13,18-20H. The molecule has 0 bridgehead atoms. The van der Waals surface area contributed by atoms with Crippen LogP contribution in [0.4, 0.5) is 5.69 Å². The van der Waals surface area contributed by atoms with Crippen LogP contribution in [0.2, 0.25) is 0 Å². The van der Waals surface area contributed by atoms with Crippen molar-refractivity contribution in [2.45, 2.75) is 9.83 Å². The van der Waals surface area contributed by atoms with E-state index in [2.05, 4.69) is 5.32 Å². The summed E-state index contributed by atoms with van der Waals surface area (Å²) in [7, 11) is 0. The van der Waals surface area contributed by atoms with Gasteiger partial charge >= 0.3 is 0 Å². The molecule has 106 valence electrons. The first kappa shape index (κ1) is 15.1. The lowest BCUT2D eigenvalue weighted by Crippen LogP contribution is -2.25. The smallest absolute Gasteiger partial charge is 0.214 e. The SMILES string of the molecule is Oc1ccc(NC(c2ccc(O)cc2)C(Cl)(Cl)Cl)cc1.